The first-order valence-corrected chi connectivity index (χ1v) is 9.25. The highest BCUT2D eigenvalue weighted by Crippen LogP contribution is 2.37. The molecule has 1 unspecified atom stereocenters. The Morgan fingerprint density at radius 2 is 2.12 bits per heavy atom. The van der Waals surface area contributed by atoms with Crippen molar-refractivity contribution in [1.82, 2.24) is 9.88 Å². The van der Waals surface area contributed by atoms with Crippen molar-refractivity contribution in [2.24, 2.45) is 0 Å². The number of hydrogen-bond acceptors (Lipinski definition) is 3. The summed E-state index contributed by atoms with van der Waals surface area (Å²) in [4.78, 5) is 20.4. The van der Waals surface area contributed by atoms with Gasteiger partial charge >= 0.3 is 0 Å². The standard InChI is InChI=1S/C20H24N2OS/c1-13-8-9-16(14(2)12-13)10-11-19(23)22(4)18-7-5-6-17-20(18)24-15(3)21-17/h8-12,18H,5-7H2,1-4H3/b11-10+. The van der Waals surface area contributed by atoms with Gasteiger partial charge in [-0.1, -0.05) is 23.8 Å². The lowest BCUT2D eigenvalue weighted by Gasteiger charge is -2.30. The molecule has 1 aromatic carbocycles. The first kappa shape index (κ1) is 16.9. The summed E-state index contributed by atoms with van der Waals surface area (Å²) in [5.74, 6) is 0.0545. The van der Waals surface area contributed by atoms with Crippen LogP contribution in [-0.2, 0) is 11.2 Å². The van der Waals surface area contributed by atoms with Gasteiger partial charge in [-0.05, 0) is 57.2 Å². The summed E-state index contributed by atoms with van der Waals surface area (Å²) in [6.07, 6.45) is 6.78. The molecule has 126 valence electrons. The molecular formula is C20H24N2OS. The Kier molecular flexibility index (Phi) is 4.86. The summed E-state index contributed by atoms with van der Waals surface area (Å²) in [5, 5.41) is 1.10. The number of benzene rings is 1. The highest BCUT2D eigenvalue weighted by atomic mass is 32.1. The predicted octanol–water partition coefficient (Wildman–Crippen LogP) is 4.62. The number of aromatic nitrogens is 1. The maximum atomic E-state index is 12.6. The molecule has 1 aliphatic rings. The summed E-state index contributed by atoms with van der Waals surface area (Å²) >= 11 is 1.73. The lowest BCUT2D eigenvalue weighted by atomic mass is 9.97. The molecule has 3 rings (SSSR count). The van der Waals surface area contributed by atoms with Crippen LogP contribution in [0.25, 0.3) is 6.08 Å². The van der Waals surface area contributed by atoms with E-state index in [1.807, 2.05) is 24.9 Å². The number of amides is 1. The van der Waals surface area contributed by atoms with Crippen molar-refractivity contribution in [2.45, 2.75) is 46.1 Å². The number of hydrogen-bond donors (Lipinski definition) is 0. The Morgan fingerprint density at radius 3 is 2.88 bits per heavy atom. The summed E-state index contributed by atoms with van der Waals surface area (Å²) in [6.45, 7) is 6.20. The van der Waals surface area contributed by atoms with Gasteiger partial charge in [-0.25, -0.2) is 4.98 Å². The topological polar surface area (TPSA) is 33.2 Å². The van der Waals surface area contributed by atoms with Gasteiger partial charge in [0.2, 0.25) is 5.91 Å². The summed E-state index contributed by atoms with van der Waals surface area (Å²) < 4.78 is 0. The van der Waals surface area contributed by atoms with Gasteiger partial charge in [0, 0.05) is 13.1 Å². The fourth-order valence-electron chi connectivity index (χ4n) is 3.33. The van der Waals surface area contributed by atoms with E-state index in [2.05, 4.69) is 37.0 Å². The third kappa shape index (κ3) is 3.44. The van der Waals surface area contributed by atoms with Crippen LogP contribution >= 0.6 is 11.3 Å². The molecule has 1 aliphatic carbocycles. The number of carbonyl (C=O) groups is 1. The van der Waals surface area contributed by atoms with Crippen molar-refractivity contribution in [3.8, 4) is 0 Å². The minimum atomic E-state index is 0.0545. The molecule has 1 amide bonds. The molecule has 4 heteroatoms. The van der Waals surface area contributed by atoms with Crippen molar-refractivity contribution in [3.05, 3.63) is 56.5 Å². The van der Waals surface area contributed by atoms with Crippen LogP contribution in [0, 0.1) is 20.8 Å². The molecule has 0 bridgehead atoms. The molecule has 0 radical (unpaired) electrons. The quantitative estimate of drug-likeness (QED) is 0.764. The molecule has 0 saturated heterocycles. The third-order valence-corrected chi connectivity index (χ3v) is 5.79. The van der Waals surface area contributed by atoms with Gasteiger partial charge in [0.05, 0.1) is 21.6 Å². The number of thiazole rings is 1. The molecule has 1 aromatic heterocycles. The average Bonchev–Trinajstić information content (AvgIpc) is 2.93. The zero-order valence-electron chi connectivity index (χ0n) is 14.8. The molecule has 2 aromatic rings. The second-order valence-corrected chi connectivity index (χ2v) is 7.83. The van der Waals surface area contributed by atoms with E-state index < -0.39 is 0 Å². The normalized spacial score (nSPS) is 17.1. The van der Waals surface area contributed by atoms with Gasteiger partial charge in [0.25, 0.3) is 0 Å². The fourth-order valence-corrected chi connectivity index (χ4v) is 4.49. The minimum absolute atomic E-state index is 0.0545. The van der Waals surface area contributed by atoms with Crippen molar-refractivity contribution in [3.63, 3.8) is 0 Å². The molecule has 1 atom stereocenters. The van der Waals surface area contributed by atoms with E-state index in [0.717, 1.165) is 29.8 Å². The van der Waals surface area contributed by atoms with E-state index in [1.54, 1.807) is 17.4 Å². The highest BCUT2D eigenvalue weighted by Gasteiger charge is 2.28. The van der Waals surface area contributed by atoms with E-state index in [9.17, 15) is 4.79 Å². The lowest BCUT2D eigenvalue weighted by molar-refractivity contribution is -0.127. The van der Waals surface area contributed by atoms with Gasteiger partial charge in [0.1, 0.15) is 0 Å². The summed E-state index contributed by atoms with van der Waals surface area (Å²) in [5.41, 5.74) is 4.72. The molecule has 0 aliphatic heterocycles. The average molecular weight is 340 g/mol. The Hall–Kier alpha value is -1.94. The van der Waals surface area contributed by atoms with Gasteiger partial charge in [-0.15, -0.1) is 11.3 Å². The van der Waals surface area contributed by atoms with Crippen LogP contribution in [0.1, 0.15) is 51.2 Å². The summed E-state index contributed by atoms with van der Waals surface area (Å²) in [7, 11) is 1.91. The monoisotopic (exact) mass is 340 g/mol. The molecule has 1 heterocycles. The molecule has 0 spiro atoms. The maximum absolute atomic E-state index is 12.6. The first-order chi connectivity index (χ1) is 11.5. The van der Waals surface area contributed by atoms with Gasteiger partial charge < -0.3 is 4.90 Å². The Balaban J connectivity index is 1.77. The number of nitrogens with zero attached hydrogens (tertiary/aromatic N) is 2. The minimum Gasteiger partial charge on any atom is -0.334 e. The molecular weight excluding hydrogens is 316 g/mol. The maximum Gasteiger partial charge on any atom is 0.246 e. The highest BCUT2D eigenvalue weighted by molar-refractivity contribution is 7.11. The smallest absolute Gasteiger partial charge is 0.246 e. The Morgan fingerprint density at radius 1 is 1.33 bits per heavy atom. The molecule has 0 saturated carbocycles. The number of carbonyl (C=O) groups excluding carboxylic acids is 1. The SMILES string of the molecule is Cc1ccc(/C=C/C(=O)N(C)C2CCCc3nc(C)sc32)c(C)c1. The Bertz CT molecular complexity index is 791. The van der Waals surface area contributed by atoms with E-state index in [4.69, 9.17) is 0 Å². The largest absolute Gasteiger partial charge is 0.334 e. The van der Waals surface area contributed by atoms with E-state index in [0.29, 0.717) is 0 Å². The first-order valence-electron chi connectivity index (χ1n) is 8.44. The van der Waals surface area contributed by atoms with Crippen LogP contribution < -0.4 is 0 Å². The second-order valence-electron chi connectivity index (χ2n) is 6.59. The molecule has 0 fully saturated rings. The number of likely N-dealkylation sites (N-methyl/N-ethyl adjacent to an activating group) is 1. The van der Waals surface area contributed by atoms with Gasteiger partial charge in [-0.3, -0.25) is 4.79 Å². The van der Waals surface area contributed by atoms with Crippen LogP contribution in [0.3, 0.4) is 0 Å². The van der Waals surface area contributed by atoms with Gasteiger partial charge in [-0.2, -0.15) is 0 Å². The molecule has 24 heavy (non-hydrogen) atoms. The van der Waals surface area contributed by atoms with Crippen LogP contribution in [-0.4, -0.2) is 22.8 Å². The van der Waals surface area contributed by atoms with Crippen LogP contribution in [0.4, 0.5) is 0 Å². The van der Waals surface area contributed by atoms with Crippen molar-refractivity contribution < 1.29 is 4.79 Å². The van der Waals surface area contributed by atoms with E-state index in [1.165, 1.54) is 21.7 Å². The van der Waals surface area contributed by atoms with E-state index in [-0.39, 0.29) is 11.9 Å². The fraction of sp³-hybridized carbons (Fsp3) is 0.400. The Labute approximate surface area is 148 Å². The van der Waals surface area contributed by atoms with Crippen LogP contribution in [0.5, 0.6) is 0 Å². The predicted molar refractivity (Wildman–Crippen MR) is 100 cm³/mol. The summed E-state index contributed by atoms with van der Waals surface area (Å²) in [6, 6.07) is 6.45. The number of rotatable bonds is 3. The molecule has 3 nitrogen and oxygen atoms in total. The third-order valence-electron chi connectivity index (χ3n) is 4.67. The van der Waals surface area contributed by atoms with E-state index >= 15 is 0 Å². The van der Waals surface area contributed by atoms with Crippen molar-refractivity contribution in [2.75, 3.05) is 7.05 Å². The van der Waals surface area contributed by atoms with Gasteiger partial charge in [0.15, 0.2) is 0 Å². The number of fused-ring (bicyclic) bond motifs is 1. The zero-order valence-corrected chi connectivity index (χ0v) is 15.6. The van der Waals surface area contributed by atoms with Crippen molar-refractivity contribution >= 4 is 23.3 Å². The zero-order chi connectivity index (χ0) is 17.3. The van der Waals surface area contributed by atoms with Crippen LogP contribution in [0.15, 0.2) is 24.3 Å². The van der Waals surface area contributed by atoms with Crippen molar-refractivity contribution in [1.29, 1.82) is 0 Å². The number of aryl methyl sites for hydroxylation is 4. The lowest BCUT2D eigenvalue weighted by Crippen LogP contribution is -2.31. The molecule has 0 N–H and O–H groups in total. The second kappa shape index (κ2) is 6.89. The van der Waals surface area contributed by atoms with Crippen LogP contribution in [0.2, 0.25) is 0 Å².